The van der Waals surface area contributed by atoms with E-state index in [9.17, 15) is 14.4 Å². The van der Waals surface area contributed by atoms with Crippen molar-refractivity contribution in [1.82, 2.24) is 20.2 Å². The zero-order valence-corrected chi connectivity index (χ0v) is 19.5. The average molecular weight is 473 g/mol. The van der Waals surface area contributed by atoms with Crippen molar-refractivity contribution in [3.05, 3.63) is 45.1 Å². The van der Waals surface area contributed by atoms with E-state index >= 15 is 0 Å². The Morgan fingerprint density at radius 2 is 1.97 bits per heavy atom. The Balaban J connectivity index is 1.75. The minimum absolute atomic E-state index is 0.0453. The van der Waals surface area contributed by atoms with Gasteiger partial charge in [-0.2, -0.15) is 0 Å². The number of methoxy groups -OCH3 is 1. The lowest BCUT2D eigenvalue weighted by Gasteiger charge is -2.14. The van der Waals surface area contributed by atoms with Crippen LogP contribution in [0.1, 0.15) is 30.2 Å². The molecule has 168 valence electrons. The summed E-state index contributed by atoms with van der Waals surface area (Å²) in [6.07, 6.45) is 4.04. The highest BCUT2D eigenvalue weighted by Crippen LogP contribution is 2.35. The molecule has 0 radical (unpaired) electrons. The third kappa shape index (κ3) is 4.51. The second-order valence-corrected chi connectivity index (χ2v) is 9.35. The zero-order chi connectivity index (χ0) is 22.7. The number of imide groups is 1. The highest BCUT2D eigenvalue weighted by Gasteiger charge is 2.23. The Morgan fingerprint density at radius 3 is 2.69 bits per heavy atom. The van der Waals surface area contributed by atoms with Crippen LogP contribution >= 0.6 is 23.1 Å². The van der Waals surface area contributed by atoms with Gasteiger partial charge in [0.2, 0.25) is 5.91 Å². The Hall–Kier alpha value is -2.85. The number of aryl methyl sites for hydroxylation is 2. The van der Waals surface area contributed by atoms with E-state index in [1.165, 1.54) is 4.88 Å². The number of aromatic nitrogens is 2. The van der Waals surface area contributed by atoms with E-state index in [-0.39, 0.29) is 11.3 Å². The number of nitrogens with zero attached hydrogens (tertiary/aromatic N) is 2. The molecule has 0 spiro atoms. The van der Waals surface area contributed by atoms with Crippen molar-refractivity contribution in [3.63, 3.8) is 0 Å². The van der Waals surface area contributed by atoms with Crippen molar-refractivity contribution in [2.45, 2.75) is 37.8 Å². The van der Waals surface area contributed by atoms with Gasteiger partial charge in [-0.25, -0.2) is 9.78 Å². The maximum atomic E-state index is 13.7. The molecule has 1 aromatic carbocycles. The van der Waals surface area contributed by atoms with Crippen LogP contribution in [0.15, 0.2) is 34.2 Å². The molecule has 0 saturated heterocycles. The van der Waals surface area contributed by atoms with Gasteiger partial charge in [-0.15, -0.1) is 11.3 Å². The highest BCUT2D eigenvalue weighted by atomic mass is 32.2. The number of urea groups is 1. The monoisotopic (exact) mass is 472 g/mol. The first-order valence-electron chi connectivity index (χ1n) is 10.4. The van der Waals surface area contributed by atoms with Crippen molar-refractivity contribution in [1.29, 1.82) is 0 Å². The molecule has 0 bridgehead atoms. The lowest BCUT2D eigenvalue weighted by molar-refractivity contribution is -0.117. The number of carbonyl (C=O) groups is 2. The second-order valence-electron chi connectivity index (χ2n) is 7.32. The predicted octanol–water partition coefficient (Wildman–Crippen LogP) is 3.27. The molecule has 0 atom stereocenters. The largest absolute Gasteiger partial charge is 0.497 e. The predicted molar refractivity (Wildman–Crippen MR) is 126 cm³/mol. The van der Waals surface area contributed by atoms with Crippen molar-refractivity contribution in [2.24, 2.45) is 0 Å². The standard InChI is InChI=1S/C22H24N4O4S2/c1-3-23-21(29)24-17(27)12-31-22-25-19-18(15-6-4-5-7-16(15)32-19)20(28)26(22)13-8-10-14(30-2)11-9-13/h8-11H,3-7,12H2,1-2H3,(H2,23,24,27,29). The molecule has 0 aliphatic heterocycles. The van der Waals surface area contributed by atoms with Crippen LogP contribution < -0.4 is 20.9 Å². The van der Waals surface area contributed by atoms with Gasteiger partial charge >= 0.3 is 6.03 Å². The van der Waals surface area contributed by atoms with Crippen LogP contribution in [0.25, 0.3) is 15.9 Å². The molecule has 1 aliphatic rings. The maximum Gasteiger partial charge on any atom is 0.321 e. The molecule has 0 fully saturated rings. The molecule has 0 unspecified atom stereocenters. The second kappa shape index (κ2) is 9.74. The minimum Gasteiger partial charge on any atom is -0.497 e. The van der Waals surface area contributed by atoms with Crippen molar-refractivity contribution >= 4 is 45.3 Å². The molecule has 3 amide bonds. The summed E-state index contributed by atoms with van der Waals surface area (Å²) in [5.74, 6) is 0.178. The fraction of sp³-hybridized carbons (Fsp3) is 0.364. The van der Waals surface area contributed by atoms with Crippen molar-refractivity contribution in [3.8, 4) is 11.4 Å². The molecule has 0 saturated carbocycles. The van der Waals surface area contributed by atoms with Crippen LogP contribution in [-0.2, 0) is 17.6 Å². The fourth-order valence-corrected chi connectivity index (χ4v) is 5.85. The van der Waals surface area contributed by atoms with Gasteiger partial charge in [0.05, 0.1) is 23.9 Å². The van der Waals surface area contributed by atoms with Gasteiger partial charge in [-0.1, -0.05) is 11.8 Å². The molecule has 4 rings (SSSR count). The average Bonchev–Trinajstić information content (AvgIpc) is 3.16. The number of amides is 3. The van der Waals surface area contributed by atoms with E-state index in [0.29, 0.717) is 33.4 Å². The SMILES string of the molecule is CCNC(=O)NC(=O)CSc1nc2sc3c(c2c(=O)n1-c1ccc(OC)cc1)CCCC3. The van der Waals surface area contributed by atoms with Crippen LogP contribution in [0.2, 0.25) is 0 Å². The van der Waals surface area contributed by atoms with Crippen LogP contribution in [-0.4, -0.2) is 40.9 Å². The summed E-state index contributed by atoms with van der Waals surface area (Å²) in [5, 5.41) is 5.89. The number of fused-ring (bicyclic) bond motifs is 3. The number of benzene rings is 1. The van der Waals surface area contributed by atoms with Gasteiger partial charge in [-0.05, 0) is 62.4 Å². The number of rotatable bonds is 6. The molecular weight excluding hydrogens is 448 g/mol. The molecular formula is C22H24N4O4S2. The first-order valence-corrected chi connectivity index (χ1v) is 12.2. The van der Waals surface area contributed by atoms with E-state index in [0.717, 1.165) is 43.0 Å². The smallest absolute Gasteiger partial charge is 0.321 e. The summed E-state index contributed by atoms with van der Waals surface area (Å²) < 4.78 is 6.79. The number of hydrogen-bond donors (Lipinski definition) is 2. The molecule has 2 aromatic heterocycles. The van der Waals surface area contributed by atoms with E-state index in [4.69, 9.17) is 9.72 Å². The van der Waals surface area contributed by atoms with Gasteiger partial charge in [0.25, 0.3) is 5.56 Å². The summed E-state index contributed by atoms with van der Waals surface area (Å²) in [6, 6.07) is 6.62. The quantitative estimate of drug-likeness (QED) is 0.422. The minimum atomic E-state index is -0.542. The number of hydrogen-bond acceptors (Lipinski definition) is 7. The molecule has 8 nitrogen and oxygen atoms in total. The molecule has 10 heteroatoms. The van der Waals surface area contributed by atoms with Crippen LogP contribution in [0.3, 0.4) is 0 Å². The van der Waals surface area contributed by atoms with Crippen molar-refractivity contribution in [2.75, 3.05) is 19.4 Å². The maximum absolute atomic E-state index is 13.7. The normalized spacial score (nSPS) is 12.9. The van der Waals surface area contributed by atoms with Gasteiger partial charge in [0.15, 0.2) is 5.16 Å². The van der Waals surface area contributed by atoms with Crippen LogP contribution in [0, 0.1) is 0 Å². The van der Waals surface area contributed by atoms with E-state index in [1.807, 2.05) is 0 Å². The number of nitrogens with one attached hydrogen (secondary N) is 2. The number of thioether (sulfide) groups is 1. The molecule has 1 aliphatic carbocycles. The molecule has 2 heterocycles. The van der Waals surface area contributed by atoms with Gasteiger partial charge in [0.1, 0.15) is 10.6 Å². The lowest BCUT2D eigenvalue weighted by Crippen LogP contribution is -2.40. The van der Waals surface area contributed by atoms with Crippen molar-refractivity contribution < 1.29 is 14.3 Å². The first kappa shape index (κ1) is 22.3. The Morgan fingerprint density at radius 1 is 1.22 bits per heavy atom. The summed E-state index contributed by atoms with van der Waals surface area (Å²) in [4.78, 5) is 44.2. The first-order chi connectivity index (χ1) is 15.5. The van der Waals surface area contributed by atoms with Gasteiger partial charge in [0, 0.05) is 11.4 Å². The third-order valence-electron chi connectivity index (χ3n) is 5.21. The van der Waals surface area contributed by atoms with Gasteiger partial charge < -0.3 is 10.1 Å². The summed E-state index contributed by atoms with van der Waals surface area (Å²) in [6.45, 7) is 2.19. The number of ether oxygens (including phenoxy) is 1. The number of carbonyl (C=O) groups excluding carboxylic acids is 2. The molecule has 2 N–H and O–H groups in total. The van der Waals surface area contributed by atoms with Crippen LogP contribution in [0.5, 0.6) is 5.75 Å². The molecule has 3 aromatic rings. The van der Waals surface area contributed by atoms with E-state index in [1.54, 1.807) is 54.2 Å². The number of thiophene rings is 1. The lowest BCUT2D eigenvalue weighted by atomic mass is 9.97. The third-order valence-corrected chi connectivity index (χ3v) is 7.34. The topological polar surface area (TPSA) is 102 Å². The van der Waals surface area contributed by atoms with Crippen LogP contribution in [0.4, 0.5) is 4.79 Å². The zero-order valence-electron chi connectivity index (χ0n) is 17.9. The Kier molecular flexibility index (Phi) is 6.80. The summed E-state index contributed by atoms with van der Waals surface area (Å²) in [7, 11) is 1.58. The summed E-state index contributed by atoms with van der Waals surface area (Å²) in [5.41, 5.74) is 1.63. The summed E-state index contributed by atoms with van der Waals surface area (Å²) >= 11 is 2.70. The molecule has 32 heavy (non-hydrogen) atoms. The fourth-order valence-electron chi connectivity index (χ4n) is 3.74. The Bertz CT molecular complexity index is 1220. The highest BCUT2D eigenvalue weighted by molar-refractivity contribution is 7.99. The van der Waals surface area contributed by atoms with Gasteiger partial charge in [-0.3, -0.25) is 19.5 Å². The van der Waals surface area contributed by atoms with E-state index < -0.39 is 11.9 Å². The van der Waals surface area contributed by atoms with E-state index in [2.05, 4.69) is 10.6 Å². The Labute approximate surface area is 193 Å².